The molecule has 7 heteroatoms. The first-order valence-electron chi connectivity index (χ1n) is 8.44. The molecule has 3 heterocycles. The lowest BCUT2D eigenvalue weighted by atomic mass is 9.97. The summed E-state index contributed by atoms with van der Waals surface area (Å²) in [6.07, 6.45) is 3.71. The quantitative estimate of drug-likeness (QED) is 0.748. The highest BCUT2D eigenvalue weighted by Gasteiger charge is 2.28. The average molecular weight is 373 g/mol. The summed E-state index contributed by atoms with van der Waals surface area (Å²) in [5.41, 5.74) is 2.28. The summed E-state index contributed by atoms with van der Waals surface area (Å²) >= 11 is 3.23. The molecule has 1 N–H and O–H groups in total. The van der Waals surface area contributed by atoms with Gasteiger partial charge in [0.1, 0.15) is 0 Å². The highest BCUT2D eigenvalue weighted by molar-refractivity contribution is 7.22. The third-order valence-electron chi connectivity index (χ3n) is 4.45. The summed E-state index contributed by atoms with van der Waals surface area (Å²) in [7, 11) is 0. The number of nitrogens with zero attached hydrogens (tertiary/aromatic N) is 3. The van der Waals surface area contributed by atoms with Crippen molar-refractivity contribution in [2.24, 2.45) is 5.92 Å². The SMILES string of the molecule is Cc1ccc2nc(N3CCCC(C(=O)Nc4ncc(C)s4)C3)sc2c1. The summed E-state index contributed by atoms with van der Waals surface area (Å²) in [6.45, 7) is 5.76. The predicted molar refractivity (Wildman–Crippen MR) is 105 cm³/mol. The third kappa shape index (κ3) is 3.52. The van der Waals surface area contributed by atoms with Gasteiger partial charge in [0.25, 0.3) is 0 Å². The highest BCUT2D eigenvalue weighted by atomic mass is 32.1. The molecule has 1 saturated heterocycles. The van der Waals surface area contributed by atoms with Crippen LogP contribution in [-0.2, 0) is 4.79 Å². The number of rotatable bonds is 3. The molecule has 1 aliphatic heterocycles. The van der Waals surface area contributed by atoms with Crippen molar-refractivity contribution in [2.75, 3.05) is 23.3 Å². The van der Waals surface area contributed by atoms with Crippen LogP contribution in [0.25, 0.3) is 10.2 Å². The van der Waals surface area contributed by atoms with Gasteiger partial charge in [0.05, 0.1) is 16.1 Å². The number of anilines is 2. The fraction of sp³-hybridized carbons (Fsp3) is 0.389. The number of thiazole rings is 2. The zero-order valence-corrected chi connectivity index (χ0v) is 15.9. The van der Waals surface area contributed by atoms with E-state index < -0.39 is 0 Å². The predicted octanol–water partition coefficient (Wildman–Crippen LogP) is 4.22. The van der Waals surface area contributed by atoms with Crippen LogP contribution in [0.15, 0.2) is 24.4 Å². The highest BCUT2D eigenvalue weighted by Crippen LogP contribution is 2.32. The Balaban J connectivity index is 1.48. The second-order valence-corrected chi connectivity index (χ2v) is 8.76. The standard InChI is InChI=1S/C18H20N4OS2/c1-11-5-6-14-15(8-11)25-18(20-14)22-7-3-4-13(10-22)16(23)21-17-19-9-12(2)24-17/h5-6,8-9,13H,3-4,7,10H2,1-2H3,(H,19,21,23). The maximum absolute atomic E-state index is 12.6. The van der Waals surface area contributed by atoms with Gasteiger partial charge in [-0.3, -0.25) is 4.79 Å². The summed E-state index contributed by atoms with van der Waals surface area (Å²) in [5, 5.41) is 4.67. The first-order valence-corrected chi connectivity index (χ1v) is 10.1. The van der Waals surface area contributed by atoms with Gasteiger partial charge in [0.2, 0.25) is 5.91 Å². The van der Waals surface area contributed by atoms with Gasteiger partial charge in [-0.2, -0.15) is 0 Å². The molecule has 0 radical (unpaired) electrons. The van der Waals surface area contributed by atoms with Crippen LogP contribution in [0.4, 0.5) is 10.3 Å². The van der Waals surface area contributed by atoms with Gasteiger partial charge in [-0.25, -0.2) is 9.97 Å². The largest absolute Gasteiger partial charge is 0.347 e. The lowest BCUT2D eigenvalue weighted by molar-refractivity contribution is -0.120. The van der Waals surface area contributed by atoms with Gasteiger partial charge in [-0.05, 0) is 44.4 Å². The van der Waals surface area contributed by atoms with Crippen LogP contribution >= 0.6 is 22.7 Å². The molecule has 3 aromatic rings. The number of hydrogen-bond acceptors (Lipinski definition) is 6. The number of aryl methyl sites for hydroxylation is 2. The van der Waals surface area contributed by atoms with E-state index in [2.05, 4.69) is 40.3 Å². The van der Waals surface area contributed by atoms with E-state index in [-0.39, 0.29) is 11.8 Å². The molecule has 5 nitrogen and oxygen atoms in total. The molecule has 4 rings (SSSR count). The number of nitrogens with one attached hydrogen (secondary N) is 1. The van der Waals surface area contributed by atoms with Crippen molar-refractivity contribution in [1.29, 1.82) is 0 Å². The van der Waals surface area contributed by atoms with Gasteiger partial charge >= 0.3 is 0 Å². The number of amides is 1. The molecule has 2 aromatic heterocycles. The molecule has 130 valence electrons. The lowest BCUT2D eigenvalue weighted by Gasteiger charge is -2.31. The Bertz CT molecular complexity index is 917. The third-order valence-corrected chi connectivity index (χ3v) is 6.35. The van der Waals surface area contributed by atoms with E-state index in [4.69, 9.17) is 4.98 Å². The Hall–Kier alpha value is -1.99. The minimum atomic E-state index is -0.0216. The van der Waals surface area contributed by atoms with Gasteiger partial charge in [0.15, 0.2) is 10.3 Å². The molecule has 0 spiro atoms. The van der Waals surface area contributed by atoms with Gasteiger partial charge in [-0.1, -0.05) is 17.4 Å². The number of carbonyl (C=O) groups is 1. The zero-order chi connectivity index (χ0) is 17.4. The topological polar surface area (TPSA) is 58.1 Å². The number of fused-ring (bicyclic) bond motifs is 1. The van der Waals surface area contributed by atoms with Gasteiger partial charge in [0, 0.05) is 24.2 Å². The second-order valence-electron chi connectivity index (χ2n) is 6.52. The van der Waals surface area contributed by atoms with Crippen LogP contribution in [-0.4, -0.2) is 29.0 Å². The molecular weight excluding hydrogens is 352 g/mol. The van der Waals surface area contributed by atoms with E-state index >= 15 is 0 Å². The van der Waals surface area contributed by atoms with Crippen molar-refractivity contribution >= 4 is 49.1 Å². The number of carbonyl (C=O) groups excluding carboxylic acids is 1. The maximum Gasteiger partial charge on any atom is 0.231 e. The minimum Gasteiger partial charge on any atom is -0.347 e. The van der Waals surface area contributed by atoms with Crippen molar-refractivity contribution in [3.8, 4) is 0 Å². The average Bonchev–Trinajstić information content (AvgIpc) is 3.20. The fourth-order valence-corrected chi connectivity index (χ4v) is 4.91. The number of piperidine rings is 1. The van der Waals surface area contributed by atoms with Crippen molar-refractivity contribution in [3.63, 3.8) is 0 Å². The van der Waals surface area contributed by atoms with E-state index in [1.807, 2.05) is 6.92 Å². The zero-order valence-electron chi connectivity index (χ0n) is 14.3. The van der Waals surface area contributed by atoms with Crippen LogP contribution in [0, 0.1) is 19.8 Å². The Morgan fingerprint density at radius 3 is 3.00 bits per heavy atom. The van der Waals surface area contributed by atoms with E-state index in [0.717, 1.165) is 41.5 Å². The van der Waals surface area contributed by atoms with Crippen molar-refractivity contribution in [1.82, 2.24) is 9.97 Å². The van der Waals surface area contributed by atoms with Crippen LogP contribution in [0.2, 0.25) is 0 Å². The first kappa shape index (κ1) is 16.5. The van der Waals surface area contributed by atoms with Crippen molar-refractivity contribution in [3.05, 3.63) is 34.8 Å². The van der Waals surface area contributed by atoms with E-state index in [9.17, 15) is 4.79 Å². The lowest BCUT2D eigenvalue weighted by Crippen LogP contribution is -2.40. The summed E-state index contributed by atoms with van der Waals surface area (Å²) in [6, 6.07) is 6.34. The van der Waals surface area contributed by atoms with Gasteiger partial charge in [-0.15, -0.1) is 11.3 Å². The van der Waals surface area contributed by atoms with Crippen LogP contribution in [0.5, 0.6) is 0 Å². The van der Waals surface area contributed by atoms with Crippen LogP contribution in [0.1, 0.15) is 23.3 Å². The van der Waals surface area contributed by atoms with E-state index in [0.29, 0.717) is 5.13 Å². The Kier molecular flexibility index (Phi) is 4.43. The van der Waals surface area contributed by atoms with Crippen LogP contribution < -0.4 is 10.2 Å². The normalized spacial score (nSPS) is 17.8. The summed E-state index contributed by atoms with van der Waals surface area (Å²) in [5.74, 6) is 0.0442. The van der Waals surface area contributed by atoms with Gasteiger partial charge < -0.3 is 10.2 Å². The number of aromatic nitrogens is 2. The molecule has 0 saturated carbocycles. The molecule has 1 atom stereocenters. The Morgan fingerprint density at radius 1 is 1.32 bits per heavy atom. The number of hydrogen-bond donors (Lipinski definition) is 1. The van der Waals surface area contributed by atoms with Crippen molar-refractivity contribution in [2.45, 2.75) is 26.7 Å². The maximum atomic E-state index is 12.6. The molecule has 1 fully saturated rings. The molecule has 25 heavy (non-hydrogen) atoms. The molecule has 1 aromatic carbocycles. The monoisotopic (exact) mass is 372 g/mol. The second kappa shape index (κ2) is 6.72. The Labute approximate surface area is 154 Å². The molecule has 1 unspecified atom stereocenters. The summed E-state index contributed by atoms with van der Waals surface area (Å²) in [4.78, 5) is 24.9. The smallest absolute Gasteiger partial charge is 0.231 e. The van der Waals surface area contributed by atoms with Crippen molar-refractivity contribution < 1.29 is 4.79 Å². The summed E-state index contributed by atoms with van der Waals surface area (Å²) < 4.78 is 1.21. The number of benzene rings is 1. The van der Waals surface area contributed by atoms with Crippen LogP contribution in [0.3, 0.4) is 0 Å². The molecule has 1 aliphatic rings. The van der Waals surface area contributed by atoms with E-state index in [1.54, 1.807) is 17.5 Å². The minimum absolute atomic E-state index is 0.0216. The van der Waals surface area contributed by atoms with E-state index in [1.165, 1.54) is 21.6 Å². The Morgan fingerprint density at radius 2 is 2.20 bits per heavy atom. The fourth-order valence-electron chi connectivity index (χ4n) is 3.14. The molecule has 1 amide bonds. The molecular formula is C18H20N4OS2. The molecule has 0 bridgehead atoms. The molecule has 0 aliphatic carbocycles. The first-order chi connectivity index (χ1) is 12.1.